The third kappa shape index (κ3) is 5.66. The molecule has 0 unspecified atom stereocenters. The Bertz CT molecular complexity index is 1440. The molecule has 2 N–H and O–H groups in total. The van der Waals surface area contributed by atoms with E-state index in [1.54, 1.807) is 12.3 Å². The summed E-state index contributed by atoms with van der Waals surface area (Å²) in [6, 6.07) is 23.6. The summed E-state index contributed by atoms with van der Waals surface area (Å²) >= 11 is 0. The number of rotatable bonds is 6. The summed E-state index contributed by atoms with van der Waals surface area (Å²) in [6.07, 6.45) is 5.95. The maximum absolute atomic E-state index is 12.8. The zero-order chi connectivity index (χ0) is 26.5. The van der Waals surface area contributed by atoms with Crippen molar-refractivity contribution in [2.24, 2.45) is 0 Å². The summed E-state index contributed by atoms with van der Waals surface area (Å²) < 4.78 is 0. The molecule has 2 aliphatic rings. The average molecular weight is 504 g/mol. The lowest BCUT2D eigenvalue weighted by Gasteiger charge is -2.34. The van der Waals surface area contributed by atoms with Crippen molar-refractivity contribution in [1.82, 2.24) is 10.2 Å². The molecule has 0 spiro atoms. The van der Waals surface area contributed by atoms with Crippen LogP contribution in [0.4, 0.5) is 11.4 Å². The van der Waals surface area contributed by atoms with Gasteiger partial charge in [0.25, 0.3) is 11.8 Å². The zero-order valence-electron chi connectivity index (χ0n) is 21.3. The van der Waals surface area contributed by atoms with Crippen LogP contribution in [-0.2, 0) is 11.2 Å². The van der Waals surface area contributed by atoms with Gasteiger partial charge in [-0.15, -0.1) is 0 Å². The Morgan fingerprint density at radius 3 is 2.26 bits per heavy atom. The molecule has 0 aromatic heterocycles. The van der Waals surface area contributed by atoms with Crippen LogP contribution in [0.2, 0.25) is 0 Å². The van der Waals surface area contributed by atoms with Gasteiger partial charge >= 0.3 is 0 Å². The van der Waals surface area contributed by atoms with Gasteiger partial charge in [-0.25, -0.2) is 0 Å². The molecule has 2 heterocycles. The minimum absolute atomic E-state index is 0.383. The Kier molecular flexibility index (Phi) is 7.34. The molecule has 2 aliphatic heterocycles. The van der Waals surface area contributed by atoms with E-state index < -0.39 is 11.8 Å². The molecule has 1 fully saturated rings. The number of likely N-dealkylation sites (N-methyl/N-ethyl adjacent to an activating group) is 1. The summed E-state index contributed by atoms with van der Waals surface area (Å²) in [5.74, 6) is -0.833. The molecule has 3 aromatic rings. The van der Waals surface area contributed by atoms with Crippen LogP contribution in [0.5, 0.6) is 0 Å². The Hall–Kier alpha value is -4.67. The first kappa shape index (κ1) is 25.0. The first-order valence-corrected chi connectivity index (χ1v) is 12.6. The van der Waals surface area contributed by atoms with Gasteiger partial charge in [-0.3, -0.25) is 14.9 Å². The number of nitrogens with zero attached hydrogens (tertiary/aromatic N) is 3. The summed E-state index contributed by atoms with van der Waals surface area (Å²) in [6.45, 7) is 4.10. The largest absolute Gasteiger partial charge is 0.369 e. The van der Waals surface area contributed by atoms with Gasteiger partial charge < -0.3 is 15.1 Å². The maximum Gasteiger partial charge on any atom is 0.260 e. The minimum atomic E-state index is -0.432. The van der Waals surface area contributed by atoms with E-state index in [9.17, 15) is 9.59 Å². The SMILES string of the molecule is CN1CCN(c2ccc(N/C=C3\C(=O)NC(=O)c4ccc(/C=C/c5ccc(CC#N)cc5)cc43)cc2)CC1. The van der Waals surface area contributed by atoms with Crippen molar-refractivity contribution in [3.8, 4) is 6.07 Å². The predicted molar refractivity (Wildman–Crippen MR) is 151 cm³/mol. The highest BCUT2D eigenvalue weighted by Crippen LogP contribution is 2.27. The van der Waals surface area contributed by atoms with E-state index >= 15 is 0 Å². The molecule has 190 valence electrons. The van der Waals surface area contributed by atoms with Crippen LogP contribution in [0.15, 0.2) is 72.9 Å². The molecule has 0 saturated carbocycles. The number of hydrogen-bond acceptors (Lipinski definition) is 6. The summed E-state index contributed by atoms with van der Waals surface area (Å²) in [5, 5.41) is 14.5. The second-order valence-electron chi connectivity index (χ2n) is 9.54. The lowest BCUT2D eigenvalue weighted by molar-refractivity contribution is -0.114. The van der Waals surface area contributed by atoms with E-state index in [-0.39, 0.29) is 0 Å². The van der Waals surface area contributed by atoms with E-state index in [1.165, 1.54) is 5.69 Å². The predicted octanol–water partition coefficient (Wildman–Crippen LogP) is 4.40. The molecule has 0 aliphatic carbocycles. The first-order valence-electron chi connectivity index (χ1n) is 12.6. The second-order valence-corrected chi connectivity index (χ2v) is 9.54. The molecule has 7 heteroatoms. The zero-order valence-corrected chi connectivity index (χ0v) is 21.3. The van der Waals surface area contributed by atoms with Gasteiger partial charge in [0.15, 0.2) is 0 Å². The number of nitriles is 1. The topological polar surface area (TPSA) is 88.5 Å². The normalized spacial score (nSPS) is 16.8. The number of piperazine rings is 1. The van der Waals surface area contributed by atoms with Crippen LogP contribution in [-0.4, -0.2) is 49.9 Å². The fourth-order valence-electron chi connectivity index (χ4n) is 4.61. The van der Waals surface area contributed by atoms with Crippen molar-refractivity contribution in [2.45, 2.75) is 6.42 Å². The third-order valence-corrected chi connectivity index (χ3v) is 6.90. The van der Waals surface area contributed by atoms with Gasteiger partial charge in [0.2, 0.25) is 0 Å². The molecule has 0 atom stereocenters. The van der Waals surface area contributed by atoms with Crippen LogP contribution in [0.25, 0.3) is 17.7 Å². The van der Waals surface area contributed by atoms with Crippen molar-refractivity contribution >= 4 is 40.9 Å². The number of anilines is 2. The highest BCUT2D eigenvalue weighted by Gasteiger charge is 2.27. The number of benzene rings is 3. The highest BCUT2D eigenvalue weighted by atomic mass is 16.2. The van der Waals surface area contributed by atoms with Crippen LogP contribution in [0.1, 0.15) is 32.6 Å². The van der Waals surface area contributed by atoms with Gasteiger partial charge in [-0.05, 0) is 60.1 Å². The quantitative estimate of drug-likeness (QED) is 0.295. The summed E-state index contributed by atoms with van der Waals surface area (Å²) in [7, 11) is 2.14. The van der Waals surface area contributed by atoms with Gasteiger partial charge in [0, 0.05) is 54.9 Å². The molecule has 2 amide bonds. The van der Waals surface area contributed by atoms with Crippen molar-refractivity contribution < 1.29 is 9.59 Å². The number of imide groups is 1. The van der Waals surface area contributed by atoms with E-state index in [0.29, 0.717) is 23.1 Å². The van der Waals surface area contributed by atoms with Gasteiger partial charge in [-0.2, -0.15) is 5.26 Å². The lowest BCUT2D eigenvalue weighted by Crippen LogP contribution is -2.44. The number of carbonyl (C=O) groups is 2. The van der Waals surface area contributed by atoms with E-state index in [4.69, 9.17) is 5.26 Å². The molecule has 3 aromatic carbocycles. The van der Waals surface area contributed by atoms with Crippen molar-refractivity contribution in [3.05, 3.63) is 101 Å². The molecule has 1 saturated heterocycles. The highest BCUT2D eigenvalue weighted by molar-refractivity contribution is 6.31. The van der Waals surface area contributed by atoms with E-state index in [1.807, 2.05) is 60.7 Å². The third-order valence-electron chi connectivity index (χ3n) is 6.90. The average Bonchev–Trinajstić information content (AvgIpc) is 2.93. The smallest absolute Gasteiger partial charge is 0.260 e. The molecule has 0 radical (unpaired) electrons. The minimum Gasteiger partial charge on any atom is -0.369 e. The van der Waals surface area contributed by atoms with E-state index in [2.05, 4.69) is 45.7 Å². The van der Waals surface area contributed by atoms with E-state index in [0.717, 1.165) is 48.6 Å². The number of hydrogen-bond donors (Lipinski definition) is 2. The van der Waals surface area contributed by atoms with Crippen LogP contribution >= 0.6 is 0 Å². The Morgan fingerprint density at radius 1 is 0.868 bits per heavy atom. The van der Waals surface area contributed by atoms with Gasteiger partial charge in [0.1, 0.15) is 0 Å². The molecular formula is C31H29N5O2. The van der Waals surface area contributed by atoms with Crippen molar-refractivity contribution in [2.75, 3.05) is 43.4 Å². The summed E-state index contributed by atoms with van der Waals surface area (Å²) in [4.78, 5) is 29.9. The summed E-state index contributed by atoms with van der Waals surface area (Å²) in [5.41, 5.74) is 6.33. The van der Waals surface area contributed by atoms with Crippen molar-refractivity contribution in [3.63, 3.8) is 0 Å². The molecule has 0 bridgehead atoms. The number of fused-ring (bicyclic) bond motifs is 1. The fourth-order valence-corrected chi connectivity index (χ4v) is 4.61. The number of carbonyl (C=O) groups excluding carboxylic acids is 2. The van der Waals surface area contributed by atoms with Crippen LogP contribution < -0.4 is 15.5 Å². The number of amides is 2. The Balaban J connectivity index is 1.34. The first-order chi connectivity index (χ1) is 18.5. The number of nitrogens with one attached hydrogen (secondary N) is 2. The molecule has 7 nitrogen and oxygen atoms in total. The van der Waals surface area contributed by atoms with Crippen LogP contribution in [0.3, 0.4) is 0 Å². The van der Waals surface area contributed by atoms with Crippen LogP contribution in [0, 0.1) is 11.3 Å². The lowest BCUT2D eigenvalue weighted by atomic mass is 9.93. The Morgan fingerprint density at radius 2 is 1.55 bits per heavy atom. The standard InChI is InChI=1S/C31H29N5O2/c1-35-16-18-36(19-17-35)26-11-9-25(10-12-26)33-21-29-28-20-24(8-13-27(28)30(37)34-31(29)38)7-6-22-2-4-23(5-3-22)14-15-32/h2-13,20-21,33H,14,16-19H2,1H3,(H,34,37,38)/b7-6+,29-21-. The Labute approximate surface area is 222 Å². The fraction of sp³-hybridized carbons (Fsp3) is 0.194. The molecule has 38 heavy (non-hydrogen) atoms. The maximum atomic E-state index is 12.8. The second kappa shape index (κ2) is 11.2. The molecular weight excluding hydrogens is 474 g/mol. The molecule has 5 rings (SSSR count). The van der Waals surface area contributed by atoms with Gasteiger partial charge in [0.05, 0.1) is 18.1 Å². The monoisotopic (exact) mass is 503 g/mol. The van der Waals surface area contributed by atoms with Gasteiger partial charge in [-0.1, -0.05) is 42.5 Å². The van der Waals surface area contributed by atoms with Crippen molar-refractivity contribution in [1.29, 1.82) is 5.26 Å².